The lowest BCUT2D eigenvalue weighted by Crippen LogP contribution is -2.12. The molecule has 1 aliphatic heterocycles. The zero-order chi connectivity index (χ0) is 13.9. The lowest BCUT2D eigenvalue weighted by atomic mass is 9.98. The van der Waals surface area contributed by atoms with Crippen LogP contribution in [0.3, 0.4) is 0 Å². The van der Waals surface area contributed by atoms with Crippen LogP contribution in [0.4, 0.5) is 0 Å². The molecular weight excluding hydrogens is 250 g/mol. The lowest BCUT2D eigenvalue weighted by molar-refractivity contribution is 0.297. The van der Waals surface area contributed by atoms with E-state index >= 15 is 0 Å². The van der Waals surface area contributed by atoms with Gasteiger partial charge in [-0.2, -0.15) is 0 Å². The van der Waals surface area contributed by atoms with Crippen LogP contribution in [0.1, 0.15) is 29.2 Å². The Hall–Kier alpha value is -2.00. The number of hydrogen-bond acceptors (Lipinski definition) is 3. The summed E-state index contributed by atoms with van der Waals surface area (Å²) in [5.74, 6) is 1.60. The molecule has 0 bridgehead atoms. The Bertz CT molecular complexity index is 610. The molecule has 20 heavy (non-hydrogen) atoms. The predicted octanol–water partition coefficient (Wildman–Crippen LogP) is 3.20. The molecule has 0 aliphatic carbocycles. The number of rotatable bonds is 2. The van der Waals surface area contributed by atoms with Gasteiger partial charge in [-0.25, -0.2) is 0 Å². The number of hydrogen-bond donors (Lipinski definition) is 1. The van der Waals surface area contributed by atoms with E-state index in [1.165, 1.54) is 5.56 Å². The van der Waals surface area contributed by atoms with E-state index < -0.39 is 0 Å². The first kappa shape index (κ1) is 13.0. The Morgan fingerprint density at radius 3 is 2.50 bits per heavy atom. The van der Waals surface area contributed by atoms with E-state index in [1.807, 2.05) is 24.3 Å². The molecule has 1 heterocycles. The molecule has 2 aromatic carbocycles. The molecule has 2 N–H and O–H groups in total. The summed E-state index contributed by atoms with van der Waals surface area (Å²) in [4.78, 5) is 0. The van der Waals surface area contributed by atoms with Crippen molar-refractivity contribution in [2.24, 2.45) is 5.73 Å². The van der Waals surface area contributed by atoms with Crippen molar-refractivity contribution in [1.82, 2.24) is 0 Å². The minimum absolute atomic E-state index is 0.146. The molecule has 104 valence electrons. The molecule has 0 saturated carbocycles. The fraction of sp³-hybridized carbons (Fsp3) is 0.294. The summed E-state index contributed by atoms with van der Waals surface area (Å²) in [5.41, 5.74) is 9.73. The molecule has 0 spiro atoms. The van der Waals surface area contributed by atoms with Crippen LogP contribution in [0, 0.1) is 6.92 Å². The number of aryl methyl sites for hydroxylation is 1. The highest BCUT2D eigenvalue weighted by molar-refractivity contribution is 5.46. The summed E-state index contributed by atoms with van der Waals surface area (Å²) in [7, 11) is 0. The molecular formula is C17H19NO2. The van der Waals surface area contributed by atoms with Crippen molar-refractivity contribution in [1.29, 1.82) is 0 Å². The van der Waals surface area contributed by atoms with E-state index in [0.717, 1.165) is 29.0 Å². The van der Waals surface area contributed by atoms with E-state index in [4.69, 9.17) is 15.2 Å². The minimum Gasteiger partial charge on any atom is -0.490 e. The van der Waals surface area contributed by atoms with Gasteiger partial charge in [-0.05, 0) is 30.2 Å². The van der Waals surface area contributed by atoms with Crippen molar-refractivity contribution in [3.05, 3.63) is 59.2 Å². The summed E-state index contributed by atoms with van der Waals surface area (Å²) < 4.78 is 11.4. The van der Waals surface area contributed by atoms with Crippen LogP contribution in [-0.2, 0) is 0 Å². The second kappa shape index (κ2) is 5.55. The second-order valence-electron chi connectivity index (χ2n) is 5.15. The number of fused-ring (bicyclic) bond motifs is 1. The van der Waals surface area contributed by atoms with Crippen molar-refractivity contribution >= 4 is 0 Å². The Kier molecular flexibility index (Phi) is 3.61. The fourth-order valence-electron chi connectivity index (χ4n) is 2.43. The highest BCUT2D eigenvalue weighted by atomic mass is 16.5. The van der Waals surface area contributed by atoms with Crippen molar-refractivity contribution in [3.63, 3.8) is 0 Å². The molecule has 1 unspecified atom stereocenters. The lowest BCUT2D eigenvalue weighted by Gasteiger charge is -2.15. The van der Waals surface area contributed by atoms with Gasteiger partial charge in [0.1, 0.15) is 0 Å². The zero-order valence-corrected chi connectivity index (χ0v) is 11.6. The monoisotopic (exact) mass is 269 g/mol. The number of benzene rings is 2. The van der Waals surface area contributed by atoms with Gasteiger partial charge in [0.05, 0.1) is 19.3 Å². The fourth-order valence-corrected chi connectivity index (χ4v) is 2.43. The molecule has 3 heteroatoms. The van der Waals surface area contributed by atoms with E-state index in [1.54, 1.807) is 0 Å². The molecule has 1 atom stereocenters. The molecule has 0 saturated heterocycles. The minimum atomic E-state index is -0.146. The third-order valence-corrected chi connectivity index (χ3v) is 3.53. The van der Waals surface area contributed by atoms with Crippen LogP contribution in [0.5, 0.6) is 11.5 Å². The summed E-state index contributed by atoms with van der Waals surface area (Å²) in [6, 6.07) is 14.1. The van der Waals surface area contributed by atoms with Gasteiger partial charge in [0.15, 0.2) is 11.5 Å². The third-order valence-electron chi connectivity index (χ3n) is 3.53. The maximum absolute atomic E-state index is 6.36. The zero-order valence-electron chi connectivity index (χ0n) is 11.6. The van der Waals surface area contributed by atoms with E-state index in [9.17, 15) is 0 Å². The van der Waals surface area contributed by atoms with Crippen LogP contribution in [0.2, 0.25) is 0 Å². The average molecular weight is 269 g/mol. The highest BCUT2D eigenvalue weighted by Crippen LogP contribution is 2.33. The Morgan fingerprint density at radius 1 is 0.950 bits per heavy atom. The summed E-state index contributed by atoms with van der Waals surface area (Å²) in [6.45, 7) is 3.47. The van der Waals surface area contributed by atoms with Gasteiger partial charge < -0.3 is 15.2 Å². The maximum Gasteiger partial charge on any atom is 0.161 e. The molecule has 0 fully saturated rings. The first-order valence-electron chi connectivity index (χ1n) is 6.96. The molecule has 1 aliphatic rings. The van der Waals surface area contributed by atoms with E-state index in [0.29, 0.717) is 13.2 Å². The Balaban J connectivity index is 1.92. The Morgan fingerprint density at radius 2 is 1.70 bits per heavy atom. The van der Waals surface area contributed by atoms with Crippen molar-refractivity contribution in [2.75, 3.05) is 13.2 Å². The molecule has 0 radical (unpaired) electrons. The number of ether oxygens (including phenoxy) is 2. The molecule has 2 aromatic rings. The summed E-state index contributed by atoms with van der Waals surface area (Å²) in [5, 5.41) is 0. The quantitative estimate of drug-likeness (QED) is 0.910. The van der Waals surface area contributed by atoms with Crippen LogP contribution in [-0.4, -0.2) is 13.2 Å². The summed E-state index contributed by atoms with van der Waals surface area (Å²) >= 11 is 0. The van der Waals surface area contributed by atoms with Gasteiger partial charge in [0.2, 0.25) is 0 Å². The molecule has 3 nitrogen and oxygen atoms in total. The van der Waals surface area contributed by atoms with Gasteiger partial charge in [0.25, 0.3) is 0 Å². The van der Waals surface area contributed by atoms with Crippen LogP contribution in [0.25, 0.3) is 0 Å². The second-order valence-corrected chi connectivity index (χ2v) is 5.15. The van der Waals surface area contributed by atoms with E-state index in [2.05, 4.69) is 25.1 Å². The third kappa shape index (κ3) is 2.63. The molecule has 3 rings (SSSR count). The highest BCUT2D eigenvalue weighted by Gasteiger charge is 2.15. The van der Waals surface area contributed by atoms with E-state index in [-0.39, 0.29) is 6.04 Å². The normalized spacial score (nSPS) is 15.5. The maximum atomic E-state index is 6.36. The topological polar surface area (TPSA) is 44.5 Å². The van der Waals surface area contributed by atoms with Crippen LogP contribution >= 0.6 is 0 Å². The van der Waals surface area contributed by atoms with Gasteiger partial charge in [-0.3, -0.25) is 0 Å². The number of nitrogens with two attached hydrogens (primary N) is 1. The average Bonchev–Trinajstić information content (AvgIpc) is 2.71. The van der Waals surface area contributed by atoms with Crippen molar-refractivity contribution in [2.45, 2.75) is 19.4 Å². The SMILES string of the molecule is Cc1cccc(C(N)c2ccc3c(c2)OCCCO3)c1. The van der Waals surface area contributed by atoms with Crippen molar-refractivity contribution < 1.29 is 9.47 Å². The largest absolute Gasteiger partial charge is 0.490 e. The molecule has 0 aromatic heterocycles. The van der Waals surface area contributed by atoms with Crippen LogP contribution in [0.15, 0.2) is 42.5 Å². The smallest absolute Gasteiger partial charge is 0.161 e. The van der Waals surface area contributed by atoms with Gasteiger partial charge in [-0.15, -0.1) is 0 Å². The molecule has 0 amide bonds. The van der Waals surface area contributed by atoms with Gasteiger partial charge in [-0.1, -0.05) is 35.9 Å². The predicted molar refractivity (Wildman–Crippen MR) is 79.3 cm³/mol. The Labute approximate surface area is 119 Å². The van der Waals surface area contributed by atoms with Crippen LogP contribution < -0.4 is 15.2 Å². The van der Waals surface area contributed by atoms with Gasteiger partial charge in [0, 0.05) is 6.42 Å². The first-order chi connectivity index (χ1) is 9.74. The first-order valence-corrected chi connectivity index (χ1v) is 6.96. The summed E-state index contributed by atoms with van der Waals surface area (Å²) in [6.07, 6.45) is 0.911. The standard InChI is InChI=1S/C17H19NO2/c1-12-4-2-5-13(10-12)17(18)14-6-7-15-16(11-14)20-9-3-8-19-15/h2,4-7,10-11,17H,3,8-9,18H2,1H3. The van der Waals surface area contributed by atoms with Gasteiger partial charge >= 0.3 is 0 Å². The van der Waals surface area contributed by atoms with Crippen molar-refractivity contribution in [3.8, 4) is 11.5 Å².